The normalized spacial score (nSPS) is 12.3. The Morgan fingerprint density at radius 3 is 2.45 bits per heavy atom. The van der Waals surface area contributed by atoms with Crippen LogP contribution in [0.25, 0.3) is 0 Å². The van der Waals surface area contributed by atoms with Crippen LogP contribution in [0.4, 0.5) is 4.39 Å². The van der Waals surface area contributed by atoms with Crippen LogP contribution in [-0.4, -0.2) is 7.11 Å². The monoisotopic (exact) mass is 440 g/mol. The molecule has 0 saturated heterocycles. The molecular weight excluding hydrogens is 434 g/mol. The summed E-state index contributed by atoms with van der Waals surface area (Å²) in [6.07, 6.45) is 0. The second-order valence-corrected chi connectivity index (χ2v) is 6.68. The number of alkyl halides is 1. The van der Waals surface area contributed by atoms with E-state index in [1.807, 2.05) is 0 Å². The molecule has 0 N–H and O–H groups in total. The van der Waals surface area contributed by atoms with Crippen LogP contribution < -0.4 is 4.74 Å². The van der Waals surface area contributed by atoms with Gasteiger partial charge in [0.1, 0.15) is 11.6 Å². The lowest BCUT2D eigenvalue weighted by Crippen LogP contribution is -2.01. The highest BCUT2D eigenvalue weighted by Gasteiger charge is 2.21. The molecule has 0 bridgehead atoms. The average molecular weight is 443 g/mol. The van der Waals surface area contributed by atoms with Crippen molar-refractivity contribution in [1.82, 2.24) is 0 Å². The van der Waals surface area contributed by atoms with E-state index in [0.717, 1.165) is 0 Å². The largest absolute Gasteiger partial charge is 0.495 e. The van der Waals surface area contributed by atoms with Gasteiger partial charge in [0.2, 0.25) is 0 Å². The summed E-state index contributed by atoms with van der Waals surface area (Å²) in [5, 5.41) is -0.205. The number of halogens is 5. The number of hydrogen-bond acceptors (Lipinski definition) is 1. The van der Waals surface area contributed by atoms with Crippen LogP contribution in [0.1, 0.15) is 16.5 Å². The molecule has 0 spiro atoms. The van der Waals surface area contributed by atoms with Gasteiger partial charge in [0.25, 0.3) is 0 Å². The lowest BCUT2D eigenvalue weighted by atomic mass is 10.0. The molecule has 1 unspecified atom stereocenters. The van der Waals surface area contributed by atoms with Crippen molar-refractivity contribution < 1.29 is 9.13 Å². The molecule has 1 atom stereocenters. The highest BCUT2D eigenvalue weighted by Crippen LogP contribution is 2.42. The molecule has 0 aliphatic rings. The Morgan fingerprint density at radius 2 is 1.85 bits per heavy atom. The van der Waals surface area contributed by atoms with Gasteiger partial charge in [-0.3, -0.25) is 0 Å². The summed E-state index contributed by atoms with van der Waals surface area (Å²) >= 11 is 19.0. The Labute approximate surface area is 143 Å². The summed E-state index contributed by atoms with van der Waals surface area (Å²) in [6.45, 7) is 0. The second kappa shape index (κ2) is 6.65. The van der Waals surface area contributed by atoms with Crippen molar-refractivity contribution >= 4 is 55.1 Å². The molecule has 20 heavy (non-hydrogen) atoms. The Balaban J connectivity index is 2.55. The summed E-state index contributed by atoms with van der Waals surface area (Å²) in [7, 11) is 1.53. The molecule has 0 fully saturated rings. The lowest BCUT2D eigenvalue weighted by Gasteiger charge is -2.17. The van der Waals surface area contributed by atoms with E-state index < -0.39 is 11.2 Å². The minimum absolute atomic E-state index is 0.363. The highest BCUT2D eigenvalue weighted by molar-refractivity contribution is 9.10. The molecule has 1 nitrogen and oxygen atoms in total. The third-order valence-corrected chi connectivity index (χ3v) is 4.52. The quantitative estimate of drug-likeness (QED) is 0.504. The Morgan fingerprint density at radius 1 is 1.15 bits per heavy atom. The molecule has 6 heteroatoms. The smallest absolute Gasteiger partial charge is 0.138 e. The van der Waals surface area contributed by atoms with Crippen molar-refractivity contribution in [3.63, 3.8) is 0 Å². The van der Waals surface area contributed by atoms with Gasteiger partial charge in [0.15, 0.2) is 0 Å². The van der Waals surface area contributed by atoms with Gasteiger partial charge in [0, 0.05) is 20.6 Å². The number of ether oxygens (including phenoxy) is 1. The van der Waals surface area contributed by atoms with Crippen molar-refractivity contribution in [3.05, 3.63) is 61.2 Å². The van der Waals surface area contributed by atoms with Crippen molar-refractivity contribution in [2.24, 2.45) is 0 Å². The Kier molecular flexibility index (Phi) is 5.35. The third kappa shape index (κ3) is 3.30. The molecule has 0 aliphatic heterocycles. The molecule has 0 heterocycles. The Hall–Kier alpha value is -0.290. The number of benzene rings is 2. The van der Waals surface area contributed by atoms with Gasteiger partial charge in [-0.1, -0.05) is 33.6 Å². The van der Waals surface area contributed by atoms with Gasteiger partial charge < -0.3 is 4.74 Å². The SMILES string of the molecule is COc1c(Br)cc(Cl)cc1C(Cl)c1ccc(Br)cc1F. The second-order valence-electron chi connectivity index (χ2n) is 4.04. The predicted octanol–water partition coefficient (Wildman–Crippen LogP) is 6.34. The van der Waals surface area contributed by atoms with E-state index in [4.69, 9.17) is 27.9 Å². The van der Waals surface area contributed by atoms with Crippen LogP contribution in [0.2, 0.25) is 5.02 Å². The minimum Gasteiger partial charge on any atom is -0.495 e. The first kappa shape index (κ1) is 16.1. The molecule has 2 rings (SSSR count). The first-order valence-corrected chi connectivity index (χ1v) is 7.96. The zero-order valence-electron chi connectivity index (χ0n) is 10.3. The molecule has 2 aromatic rings. The fourth-order valence-corrected chi connectivity index (χ4v) is 3.53. The van der Waals surface area contributed by atoms with Crippen molar-refractivity contribution in [3.8, 4) is 5.75 Å². The maximum atomic E-state index is 14.0. The first-order valence-electron chi connectivity index (χ1n) is 5.56. The van der Waals surface area contributed by atoms with E-state index in [9.17, 15) is 4.39 Å². The Bertz CT molecular complexity index is 649. The molecule has 0 aromatic heterocycles. The zero-order chi connectivity index (χ0) is 14.9. The molecular formula is C14H9Br2Cl2FO. The van der Waals surface area contributed by atoms with Gasteiger partial charge in [0.05, 0.1) is 17.0 Å². The van der Waals surface area contributed by atoms with Crippen LogP contribution >= 0.6 is 55.1 Å². The van der Waals surface area contributed by atoms with Crippen LogP contribution in [0.15, 0.2) is 39.3 Å². The van der Waals surface area contributed by atoms with Gasteiger partial charge in [-0.2, -0.15) is 0 Å². The lowest BCUT2D eigenvalue weighted by molar-refractivity contribution is 0.407. The van der Waals surface area contributed by atoms with Crippen LogP contribution in [0, 0.1) is 5.82 Å². The summed E-state index contributed by atoms with van der Waals surface area (Å²) in [4.78, 5) is 0. The number of methoxy groups -OCH3 is 1. The van der Waals surface area contributed by atoms with Gasteiger partial charge >= 0.3 is 0 Å². The number of rotatable bonds is 3. The predicted molar refractivity (Wildman–Crippen MR) is 87.5 cm³/mol. The summed E-state index contributed by atoms with van der Waals surface area (Å²) in [5.41, 5.74) is 0.970. The fourth-order valence-electron chi connectivity index (χ4n) is 1.86. The van der Waals surface area contributed by atoms with Gasteiger partial charge in [-0.25, -0.2) is 4.39 Å². The summed E-state index contributed by atoms with van der Waals surface area (Å²) < 4.78 is 20.7. The summed E-state index contributed by atoms with van der Waals surface area (Å²) in [5.74, 6) is 0.147. The van der Waals surface area contributed by atoms with Gasteiger partial charge in [-0.15, -0.1) is 11.6 Å². The first-order chi connectivity index (χ1) is 9.43. The maximum Gasteiger partial charge on any atom is 0.138 e. The van der Waals surface area contributed by atoms with Crippen LogP contribution in [-0.2, 0) is 0 Å². The average Bonchev–Trinajstić information content (AvgIpc) is 2.37. The fraction of sp³-hybridized carbons (Fsp3) is 0.143. The highest BCUT2D eigenvalue weighted by atomic mass is 79.9. The molecule has 0 saturated carbocycles. The van der Waals surface area contributed by atoms with Crippen molar-refractivity contribution in [1.29, 1.82) is 0 Å². The van der Waals surface area contributed by atoms with E-state index in [2.05, 4.69) is 31.9 Å². The van der Waals surface area contributed by atoms with Crippen LogP contribution in [0.3, 0.4) is 0 Å². The molecule has 0 aliphatic carbocycles. The van der Waals surface area contributed by atoms with Gasteiger partial charge in [-0.05, 0) is 40.2 Å². The number of hydrogen-bond donors (Lipinski definition) is 0. The molecule has 0 radical (unpaired) electrons. The maximum absolute atomic E-state index is 14.0. The summed E-state index contributed by atoms with van der Waals surface area (Å²) in [6, 6.07) is 8.11. The van der Waals surface area contributed by atoms with E-state index in [1.54, 1.807) is 24.3 Å². The topological polar surface area (TPSA) is 9.23 Å². The zero-order valence-corrected chi connectivity index (χ0v) is 14.9. The molecule has 106 valence electrons. The molecule has 2 aromatic carbocycles. The standard InChI is InChI=1S/C14H9Br2Cl2FO/c1-20-14-10(5-8(17)6-11(14)16)13(18)9-3-2-7(15)4-12(9)19/h2-6,13H,1H3. The van der Waals surface area contributed by atoms with Crippen molar-refractivity contribution in [2.75, 3.05) is 7.11 Å². The third-order valence-electron chi connectivity index (χ3n) is 2.75. The van der Waals surface area contributed by atoms with Crippen LogP contribution in [0.5, 0.6) is 5.75 Å². The minimum atomic E-state index is -0.701. The van der Waals surface area contributed by atoms with E-state index >= 15 is 0 Å². The van der Waals surface area contributed by atoms with E-state index in [1.165, 1.54) is 13.2 Å². The van der Waals surface area contributed by atoms with E-state index in [-0.39, 0.29) is 0 Å². The van der Waals surface area contributed by atoms with Crippen molar-refractivity contribution in [2.45, 2.75) is 5.38 Å². The van der Waals surface area contributed by atoms with E-state index in [0.29, 0.717) is 30.8 Å². The molecule has 0 amide bonds.